The first-order valence-corrected chi connectivity index (χ1v) is 4.77. The van der Waals surface area contributed by atoms with Gasteiger partial charge in [-0.1, -0.05) is 5.16 Å². The van der Waals surface area contributed by atoms with Crippen molar-refractivity contribution in [2.24, 2.45) is 5.73 Å². The van der Waals surface area contributed by atoms with Crippen LogP contribution in [0.2, 0.25) is 0 Å². The maximum absolute atomic E-state index is 5.73. The van der Waals surface area contributed by atoms with Gasteiger partial charge >= 0.3 is 0 Å². The lowest BCUT2D eigenvalue weighted by molar-refractivity contribution is 0.116. The number of nitrogens with two attached hydrogens (primary N) is 1. The monoisotopic (exact) mass is 215 g/mol. The van der Waals surface area contributed by atoms with Gasteiger partial charge in [-0.05, 0) is 6.92 Å². The van der Waals surface area contributed by atoms with E-state index >= 15 is 0 Å². The number of hydrogen-bond acceptors (Lipinski definition) is 6. The molecule has 0 radical (unpaired) electrons. The van der Waals surface area contributed by atoms with E-state index in [9.17, 15) is 0 Å². The van der Waals surface area contributed by atoms with Gasteiger partial charge in [0.15, 0.2) is 5.82 Å². The third-order valence-electron chi connectivity index (χ3n) is 2.02. The number of rotatable bonds is 6. The molecule has 1 heterocycles. The molecular formula is C9H17N3O3. The van der Waals surface area contributed by atoms with Crippen molar-refractivity contribution in [1.82, 2.24) is 10.1 Å². The quantitative estimate of drug-likeness (QED) is 0.734. The van der Waals surface area contributed by atoms with Crippen molar-refractivity contribution in [1.29, 1.82) is 0 Å². The van der Waals surface area contributed by atoms with Gasteiger partial charge in [-0.2, -0.15) is 4.98 Å². The molecule has 0 aromatic carbocycles. The minimum Gasteiger partial charge on any atom is -0.383 e. The number of methoxy groups -OCH3 is 2. The molecule has 0 spiro atoms. The van der Waals surface area contributed by atoms with Crippen molar-refractivity contribution in [3.05, 3.63) is 11.7 Å². The highest BCUT2D eigenvalue weighted by Gasteiger charge is 2.15. The van der Waals surface area contributed by atoms with Crippen LogP contribution in [-0.2, 0) is 15.9 Å². The smallest absolute Gasteiger partial charge is 0.245 e. The largest absolute Gasteiger partial charge is 0.383 e. The van der Waals surface area contributed by atoms with Gasteiger partial charge in [0.25, 0.3) is 0 Å². The third kappa shape index (κ3) is 3.58. The summed E-state index contributed by atoms with van der Waals surface area (Å²) in [5.74, 6) is 1.00. The molecule has 1 aromatic heterocycles. The summed E-state index contributed by atoms with van der Waals surface area (Å²) in [5.41, 5.74) is 5.73. The Bertz CT molecular complexity index is 290. The molecule has 1 rings (SSSR count). The van der Waals surface area contributed by atoms with Gasteiger partial charge in [-0.15, -0.1) is 0 Å². The molecule has 15 heavy (non-hydrogen) atoms. The molecule has 86 valence electrons. The summed E-state index contributed by atoms with van der Waals surface area (Å²) in [7, 11) is 3.21. The summed E-state index contributed by atoms with van der Waals surface area (Å²) in [4.78, 5) is 4.15. The van der Waals surface area contributed by atoms with Gasteiger partial charge < -0.3 is 19.7 Å². The molecule has 2 N–H and O–H groups in total. The zero-order chi connectivity index (χ0) is 11.3. The lowest BCUT2D eigenvalue weighted by Crippen LogP contribution is -2.16. The molecule has 0 saturated heterocycles. The Kier molecular flexibility index (Phi) is 4.67. The minimum atomic E-state index is -0.367. The van der Waals surface area contributed by atoms with Crippen LogP contribution in [0.25, 0.3) is 0 Å². The molecule has 0 aliphatic rings. The van der Waals surface area contributed by atoms with Crippen LogP contribution >= 0.6 is 0 Å². The van der Waals surface area contributed by atoms with E-state index < -0.39 is 0 Å². The molecule has 0 aliphatic heterocycles. The zero-order valence-electron chi connectivity index (χ0n) is 9.27. The predicted molar refractivity (Wildman–Crippen MR) is 53.3 cm³/mol. The van der Waals surface area contributed by atoms with Crippen LogP contribution in [0.15, 0.2) is 4.52 Å². The molecular weight excluding hydrogens is 198 g/mol. The second kappa shape index (κ2) is 5.79. The van der Waals surface area contributed by atoms with Crippen molar-refractivity contribution in [2.75, 3.05) is 20.8 Å². The van der Waals surface area contributed by atoms with Gasteiger partial charge in [0.1, 0.15) is 6.04 Å². The minimum absolute atomic E-state index is 0.0640. The van der Waals surface area contributed by atoms with E-state index in [-0.39, 0.29) is 12.1 Å². The van der Waals surface area contributed by atoms with Crippen molar-refractivity contribution >= 4 is 0 Å². The lowest BCUT2D eigenvalue weighted by Gasteiger charge is -2.04. The van der Waals surface area contributed by atoms with Gasteiger partial charge in [0, 0.05) is 20.6 Å². The average Bonchev–Trinajstić information content (AvgIpc) is 2.66. The van der Waals surface area contributed by atoms with Crippen LogP contribution < -0.4 is 5.73 Å². The summed E-state index contributed by atoms with van der Waals surface area (Å²) < 4.78 is 15.0. The van der Waals surface area contributed by atoms with Crippen LogP contribution in [0, 0.1) is 0 Å². The maximum Gasteiger partial charge on any atom is 0.245 e. The number of aromatic nitrogens is 2. The second-order valence-corrected chi connectivity index (χ2v) is 3.36. The van der Waals surface area contributed by atoms with Crippen LogP contribution in [-0.4, -0.2) is 37.1 Å². The van der Waals surface area contributed by atoms with Gasteiger partial charge in [0.2, 0.25) is 5.89 Å². The molecule has 2 atom stereocenters. The van der Waals surface area contributed by atoms with E-state index in [1.54, 1.807) is 14.2 Å². The second-order valence-electron chi connectivity index (χ2n) is 3.36. The molecule has 0 amide bonds. The third-order valence-corrected chi connectivity index (χ3v) is 2.02. The highest BCUT2D eigenvalue weighted by Crippen LogP contribution is 2.09. The summed E-state index contributed by atoms with van der Waals surface area (Å²) in [5, 5.41) is 3.81. The Hall–Kier alpha value is -0.980. The first-order chi connectivity index (χ1) is 7.17. The highest BCUT2D eigenvalue weighted by molar-refractivity contribution is 4.92. The molecule has 6 nitrogen and oxygen atoms in total. The van der Waals surface area contributed by atoms with Gasteiger partial charge in [-0.25, -0.2) is 0 Å². The number of nitrogens with zero attached hydrogens (tertiary/aromatic N) is 2. The Balaban J connectivity index is 2.55. The summed E-state index contributed by atoms with van der Waals surface area (Å²) in [6.07, 6.45) is 0.675. The van der Waals surface area contributed by atoms with Crippen LogP contribution in [0.3, 0.4) is 0 Å². The molecule has 0 aliphatic carbocycles. The molecule has 2 unspecified atom stereocenters. The Morgan fingerprint density at radius 2 is 2.20 bits per heavy atom. The SMILES string of the molecule is COCC(N)c1nc(CC(C)OC)no1. The average molecular weight is 215 g/mol. The van der Waals surface area contributed by atoms with E-state index in [2.05, 4.69) is 10.1 Å². The standard InChI is InChI=1S/C9H17N3O3/c1-6(14-3)4-8-11-9(15-12-8)7(10)5-13-2/h6-7H,4-5,10H2,1-3H3. The lowest BCUT2D eigenvalue weighted by atomic mass is 10.3. The fourth-order valence-corrected chi connectivity index (χ4v) is 1.09. The van der Waals surface area contributed by atoms with E-state index in [0.29, 0.717) is 24.7 Å². The van der Waals surface area contributed by atoms with E-state index in [1.807, 2.05) is 6.92 Å². The topological polar surface area (TPSA) is 83.4 Å². The Morgan fingerprint density at radius 1 is 1.47 bits per heavy atom. The predicted octanol–water partition coefficient (Wildman–Crippen LogP) is 0.293. The van der Waals surface area contributed by atoms with Gasteiger partial charge in [0.05, 0.1) is 12.7 Å². The summed E-state index contributed by atoms with van der Waals surface area (Å²) >= 11 is 0. The van der Waals surface area contributed by atoms with Gasteiger partial charge in [-0.3, -0.25) is 0 Å². The number of hydrogen-bond donors (Lipinski definition) is 1. The fraction of sp³-hybridized carbons (Fsp3) is 0.778. The molecule has 0 bridgehead atoms. The van der Waals surface area contributed by atoms with E-state index in [4.69, 9.17) is 19.7 Å². The van der Waals surface area contributed by atoms with Crippen molar-refractivity contribution < 1.29 is 14.0 Å². The fourth-order valence-electron chi connectivity index (χ4n) is 1.09. The van der Waals surface area contributed by atoms with E-state index in [0.717, 1.165) is 0 Å². The van der Waals surface area contributed by atoms with Crippen LogP contribution in [0.1, 0.15) is 24.7 Å². The summed E-state index contributed by atoms with van der Waals surface area (Å²) in [6.45, 7) is 2.30. The normalized spacial score (nSPS) is 15.2. The molecule has 0 saturated carbocycles. The molecule has 6 heteroatoms. The van der Waals surface area contributed by atoms with E-state index in [1.165, 1.54) is 0 Å². The number of ether oxygens (including phenoxy) is 2. The molecule has 1 aromatic rings. The van der Waals surface area contributed by atoms with Crippen LogP contribution in [0.4, 0.5) is 0 Å². The highest BCUT2D eigenvalue weighted by atomic mass is 16.5. The van der Waals surface area contributed by atoms with Crippen molar-refractivity contribution in [3.63, 3.8) is 0 Å². The Labute approximate surface area is 88.7 Å². The first-order valence-electron chi connectivity index (χ1n) is 4.77. The van der Waals surface area contributed by atoms with Crippen molar-refractivity contribution in [3.8, 4) is 0 Å². The first kappa shape index (κ1) is 12.1. The van der Waals surface area contributed by atoms with Crippen LogP contribution in [0.5, 0.6) is 0 Å². The summed E-state index contributed by atoms with van der Waals surface area (Å²) in [6, 6.07) is -0.367. The molecule has 0 fully saturated rings. The maximum atomic E-state index is 5.73. The van der Waals surface area contributed by atoms with Crippen molar-refractivity contribution in [2.45, 2.75) is 25.5 Å². The zero-order valence-corrected chi connectivity index (χ0v) is 9.27. The Morgan fingerprint density at radius 3 is 2.80 bits per heavy atom.